The zero-order chi connectivity index (χ0) is 18.8. The van der Waals surface area contributed by atoms with Crippen LogP contribution in [0.1, 0.15) is 87.1 Å². The van der Waals surface area contributed by atoms with Crippen molar-refractivity contribution in [3.63, 3.8) is 0 Å². The quantitative estimate of drug-likeness (QED) is 0.355. The van der Waals surface area contributed by atoms with Gasteiger partial charge in [0, 0.05) is 30.7 Å². The van der Waals surface area contributed by atoms with E-state index in [1.165, 1.54) is 55.0 Å². The minimum absolute atomic E-state index is 0.606. The summed E-state index contributed by atoms with van der Waals surface area (Å²) in [6.07, 6.45) is 2.46. The summed E-state index contributed by atoms with van der Waals surface area (Å²) in [5.41, 5.74) is 4.56. The molecular weight excluding hydrogens is 393 g/mol. The van der Waals surface area contributed by atoms with E-state index in [2.05, 4.69) is 77.2 Å². The van der Waals surface area contributed by atoms with E-state index in [4.69, 9.17) is 0 Å². The van der Waals surface area contributed by atoms with E-state index in [0.717, 1.165) is 0 Å². The Labute approximate surface area is 175 Å². The number of thioether (sulfide) groups is 2. The number of hydrogen-bond acceptors (Lipinski definition) is 4. The van der Waals surface area contributed by atoms with Gasteiger partial charge >= 0.3 is 0 Å². The zero-order valence-corrected chi connectivity index (χ0v) is 20.0. The maximum absolute atomic E-state index is 2.49. The van der Waals surface area contributed by atoms with E-state index < -0.39 is 0 Å². The number of thiophene rings is 2. The van der Waals surface area contributed by atoms with Gasteiger partial charge in [-0.15, -0.1) is 46.2 Å². The molecule has 142 valence electrons. The van der Waals surface area contributed by atoms with E-state index in [0.29, 0.717) is 11.8 Å². The van der Waals surface area contributed by atoms with E-state index in [1.54, 1.807) is 9.81 Å². The summed E-state index contributed by atoms with van der Waals surface area (Å²) in [6, 6.07) is 4.97. The molecular formula is C22H30S4. The Kier molecular flexibility index (Phi) is 7.04. The second-order valence-electron chi connectivity index (χ2n) is 7.45. The van der Waals surface area contributed by atoms with Crippen LogP contribution in [0.25, 0.3) is 15.3 Å². The molecule has 0 saturated heterocycles. The predicted molar refractivity (Wildman–Crippen MR) is 127 cm³/mol. The third kappa shape index (κ3) is 3.99. The van der Waals surface area contributed by atoms with Crippen molar-refractivity contribution in [2.24, 2.45) is 0 Å². The minimum atomic E-state index is 0.606. The summed E-state index contributed by atoms with van der Waals surface area (Å²) in [5.74, 6) is 3.63. The van der Waals surface area contributed by atoms with E-state index in [1.807, 2.05) is 22.7 Å². The fourth-order valence-electron chi connectivity index (χ4n) is 3.04. The molecule has 2 heterocycles. The lowest BCUT2D eigenvalue weighted by atomic mass is 10.1. The largest absolute Gasteiger partial charge is 0.138 e. The molecule has 26 heavy (non-hydrogen) atoms. The molecule has 1 aliphatic carbocycles. The molecule has 0 saturated carbocycles. The third-order valence-electron chi connectivity index (χ3n) is 4.46. The van der Waals surface area contributed by atoms with Crippen LogP contribution in [0.5, 0.6) is 0 Å². The summed E-state index contributed by atoms with van der Waals surface area (Å²) in [7, 11) is 0. The molecule has 0 fully saturated rings. The standard InChI is InChI=1S/C22H30S4/c1-7-9-23-22(24-10-8-2)19-15-11-17(13(3)4)25-20(15)21-16(19)12-18(26-21)14(5)6/h11-14H,7-10H2,1-6H3. The first kappa shape index (κ1) is 20.6. The SMILES string of the molecule is CCCSC(SCCC)=C1c2cc(C(C)C)sc2-c2sc(C(C)C)cc21. The molecule has 3 rings (SSSR count). The molecule has 0 aliphatic heterocycles. The molecule has 0 spiro atoms. The predicted octanol–water partition coefficient (Wildman–Crippen LogP) is 9.04. The fourth-order valence-corrected chi connectivity index (χ4v) is 7.87. The summed E-state index contributed by atoms with van der Waals surface area (Å²) in [4.78, 5) is 6.11. The smallest absolute Gasteiger partial charge is 0.0531 e. The van der Waals surface area contributed by atoms with Crippen molar-refractivity contribution < 1.29 is 0 Å². The highest BCUT2D eigenvalue weighted by Gasteiger charge is 2.32. The lowest BCUT2D eigenvalue weighted by Gasteiger charge is -2.11. The van der Waals surface area contributed by atoms with Gasteiger partial charge in [0.2, 0.25) is 0 Å². The number of hydrogen-bond donors (Lipinski definition) is 0. The van der Waals surface area contributed by atoms with Crippen molar-refractivity contribution in [3.8, 4) is 9.75 Å². The van der Waals surface area contributed by atoms with Gasteiger partial charge in [-0.2, -0.15) is 0 Å². The molecule has 0 nitrogen and oxygen atoms in total. The van der Waals surface area contributed by atoms with Crippen LogP contribution in [0, 0.1) is 0 Å². The summed E-state index contributed by atoms with van der Waals surface area (Å²) >= 11 is 8.19. The van der Waals surface area contributed by atoms with Crippen LogP contribution in [0.4, 0.5) is 0 Å². The first-order chi connectivity index (χ1) is 12.5. The van der Waals surface area contributed by atoms with Gasteiger partial charge in [-0.05, 0) is 48.3 Å². The first-order valence-corrected chi connectivity index (χ1v) is 13.4. The zero-order valence-electron chi connectivity index (χ0n) is 16.8. The molecule has 0 radical (unpaired) electrons. The first-order valence-electron chi connectivity index (χ1n) is 9.76. The molecule has 1 aliphatic rings. The molecule has 0 atom stereocenters. The second-order valence-corrected chi connectivity index (χ2v) is 12.1. The fraction of sp³-hybridized carbons (Fsp3) is 0.545. The van der Waals surface area contributed by atoms with Crippen molar-refractivity contribution >= 4 is 51.8 Å². The van der Waals surface area contributed by atoms with Crippen LogP contribution < -0.4 is 0 Å². The molecule has 2 aromatic rings. The Balaban J connectivity index is 2.18. The number of rotatable bonds is 8. The van der Waals surface area contributed by atoms with Crippen molar-refractivity contribution in [2.45, 2.75) is 66.2 Å². The minimum Gasteiger partial charge on any atom is -0.138 e. The van der Waals surface area contributed by atoms with Crippen molar-refractivity contribution in [1.29, 1.82) is 0 Å². The lowest BCUT2D eigenvalue weighted by molar-refractivity contribution is 0.889. The van der Waals surface area contributed by atoms with Crippen molar-refractivity contribution in [1.82, 2.24) is 0 Å². The molecule has 0 amide bonds. The maximum atomic E-state index is 2.49. The van der Waals surface area contributed by atoms with Crippen molar-refractivity contribution in [2.75, 3.05) is 11.5 Å². The Morgan fingerprint density at radius 2 is 1.23 bits per heavy atom. The van der Waals surface area contributed by atoms with Crippen LogP contribution >= 0.6 is 46.2 Å². The Bertz CT molecular complexity index is 725. The van der Waals surface area contributed by atoms with Gasteiger partial charge in [0.05, 0.1) is 9.75 Å². The van der Waals surface area contributed by atoms with E-state index in [-0.39, 0.29) is 0 Å². The molecule has 4 heteroatoms. The monoisotopic (exact) mass is 422 g/mol. The van der Waals surface area contributed by atoms with Gasteiger partial charge in [0.1, 0.15) is 0 Å². The molecule has 0 aromatic carbocycles. The Morgan fingerprint density at radius 3 is 1.58 bits per heavy atom. The normalized spacial score (nSPS) is 13.0. The third-order valence-corrected chi connectivity index (χ3v) is 10.4. The summed E-state index contributed by atoms with van der Waals surface area (Å²) in [6.45, 7) is 13.8. The molecule has 2 aromatic heterocycles. The van der Waals surface area contributed by atoms with Gasteiger partial charge in [0.15, 0.2) is 0 Å². The van der Waals surface area contributed by atoms with Gasteiger partial charge in [0.25, 0.3) is 0 Å². The Morgan fingerprint density at radius 1 is 0.808 bits per heavy atom. The van der Waals surface area contributed by atoms with Gasteiger partial charge in [-0.3, -0.25) is 0 Å². The summed E-state index contributed by atoms with van der Waals surface area (Å²) in [5, 5.41) is 0. The molecule has 0 bridgehead atoms. The average Bonchev–Trinajstić information content (AvgIpc) is 3.26. The molecule has 0 N–H and O–H groups in total. The van der Waals surface area contributed by atoms with Crippen molar-refractivity contribution in [3.05, 3.63) is 37.3 Å². The van der Waals surface area contributed by atoms with Gasteiger partial charge < -0.3 is 0 Å². The average molecular weight is 423 g/mol. The maximum Gasteiger partial charge on any atom is 0.0531 e. The van der Waals surface area contributed by atoms with E-state index >= 15 is 0 Å². The van der Waals surface area contributed by atoms with Gasteiger partial charge in [-0.1, -0.05) is 41.5 Å². The van der Waals surface area contributed by atoms with Crippen LogP contribution in [0.2, 0.25) is 0 Å². The lowest BCUT2D eigenvalue weighted by Crippen LogP contribution is -1.89. The van der Waals surface area contributed by atoms with E-state index in [9.17, 15) is 0 Å². The second kappa shape index (κ2) is 8.89. The van der Waals surface area contributed by atoms with Crippen LogP contribution in [0.3, 0.4) is 0 Å². The highest BCUT2D eigenvalue weighted by Crippen LogP contribution is 2.57. The van der Waals surface area contributed by atoms with Gasteiger partial charge in [-0.25, -0.2) is 0 Å². The molecule has 0 unspecified atom stereocenters. The topological polar surface area (TPSA) is 0 Å². The highest BCUT2D eigenvalue weighted by molar-refractivity contribution is 8.22. The van der Waals surface area contributed by atoms with Crippen LogP contribution in [-0.2, 0) is 0 Å². The summed E-state index contributed by atoms with van der Waals surface area (Å²) < 4.78 is 1.55. The number of fused-ring (bicyclic) bond motifs is 3. The Hall–Kier alpha value is -0.160. The van der Waals surface area contributed by atoms with Crippen LogP contribution in [0.15, 0.2) is 16.4 Å². The highest BCUT2D eigenvalue weighted by atomic mass is 32.2. The van der Waals surface area contributed by atoms with Crippen LogP contribution in [-0.4, -0.2) is 11.5 Å².